The van der Waals surface area contributed by atoms with Crippen molar-refractivity contribution in [1.29, 1.82) is 0 Å². The van der Waals surface area contributed by atoms with Crippen molar-refractivity contribution in [2.45, 2.75) is 56.7 Å². The Morgan fingerprint density at radius 1 is 1.30 bits per heavy atom. The zero-order valence-electron chi connectivity index (χ0n) is 14.9. The predicted molar refractivity (Wildman–Crippen MR) is 93.4 cm³/mol. The van der Waals surface area contributed by atoms with E-state index in [0.717, 1.165) is 38.8 Å². The molecule has 3 heterocycles. The summed E-state index contributed by atoms with van der Waals surface area (Å²) in [5.74, 6) is -0.259. The average Bonchev–Trinajstić information content (AvgIpc) is 2.71. The second-order valence-electron chi connectivity index (χ2n) is 7.94. The molecule has 150 valence electrons. The summed E-state index contributed by atoms with van der Waals surface area (Å²) in [7, 11) is -4.84. The van der Waals surface area contributed by atoms with Gasteiger partial charge in [-0.15, -0.1) is 4.28 Å². The largest absolute Gasteiger partial charge is 0.418 e. The lowest BCUT2D eigenvalue weighted by Crippen LogP contribution is -2.58. The van der Waals surface area contributed by atoms with Crippen molar-refractivity contribution in [3.05, 3.63) is 12.3 Å². The minimum Gasteiger partial charge on any atom is -0.352 e. The topological polar surface area (TPSA) is 128 Å². The zero-order valence-corrected chi connectivity index (χ0v) is 15.7. The Kier molecular flexibility index (Phi) is 4.45. The number of piperidine rings is 2. The van der Waals surface area contributed by atoms with Gasteiger partial charge in [-0.05, 0) is 57.0 Å². The molecule has 0 aromatic carbocycles. The van der Waals surface area contributed by atoms with Crippen molar-refractivity contribution in [1.82, 2.24) is 20.6 Å². The molecule has 11 heteroatoms. The number of hydrogen-bond donors (Lipinski definition) is 3. The Balaban J connectivity index is 1.39. The lowest BCUT2D eigenvalue weighted by atomic mass is 9.60. The van der Waals surface area contributed by atoms with Crippen LogP contribution in [0.2, 0.25) is 0 Å². The van der Waals surface area contributed by atoms with Gasteiger partial charge in [0.15, 0.2) is 0 Å². The summed E-state index contributed by atoms with van der Waals surface area (Å²) in [6, 6.07) is -2.15. The van der Waals surface area contributed by atoms with Crippen molar-refractivity contribution in [3.8, 4) is 0 Å². The summed E-state index contributed by atoms with van der Waals surface area (Å²) in [4.78, 5) is 26.4. The van der Waals surface area contributed by atoms with Crippen molar-refractivity contribution < 1.29 is 26.8 Å². The van der Waals surface area contributed by atoms with Gasteiger partial charge in [0.1, 0.15) is 12.1 Å². The molecule has 3 aliphatic heterocycles. The van der Waals surface area contributed by atoms with Crippen LogP contribution in [0.3, 0.4) is 0 Å². The molecule has 3 saturated heterocycles. The van der Waals surface area contributed by atoms with E-state index in [1.54, 1.807) is 0 Å². The molecule has 0 aromatic rings. The summed E-state index contributed by atoms with van der Waals surface area (Å²) in [6.07, 6.45) is 4.83. The first kappa shape index (κ1) is 18.7. The third kappa shape index (κ3) is 3.33. The highest BCUT2D eigenvalue weighted by Crippen LogP contribution is 2.48. The van der Waals surface area contributed by atoms with E-state index in [0.29, 0.717) is 29.0 Å². The Morgan fingerprint density at radius 2 is 1.96 bits per heavy atom. The van der Waals surface area contributed by atoms with Crippen LogP contribution in [0.15, 0.2) is 12.3 Å². The van der Waals surface area contributed by atoms with Gasteiger partial charge in [-0.25, -0.2) is 4.79 Å². The highest BCUT2D eigenvalue weighted by molar-refractivity contribution is 7.80. The molecule has 0 unspecified atom stereocenters. The van der Waals surface area contributed by atoms with Gasteiger partial charge in [0.2, 0.25) is 5.91 Å². The summed E-state index contributed by atoms with van der Waals surface area (Å²) < 4.78 is 35.2. The Morgan fingerprint density at radius 3 is 2.59 bits per heavy atom. The molecule has 4 fully saturated rings. The Labute approximate surface area is 157 Å². The maximum absolute atomic E-state index is 12.8. The number of carbonyl (C=O) groups is 2. The van der Waals surface area contributed by atoms with Gasteiger partial charge in [0, 0.05) is 11.7 Å². The van der Waals surface area contributed by atoms with Crippen LogP contribution in [0.25, 0.3) is 0 Å². The molecule has 4 rings (SSSR count). The van der Waals surface area contributed by atoms with E-state index in [2.05, 4.69) is 21.5 Å². The maximum Gasteiger partial charge on any atom is 0.418 e. The fourth-order valence-electron chi connectivity index (χ4n) is 4.90. The number of hydrogen-bond acceptors (Lipinski definition) is 6. The molecule has 2 bridgehead atoms. The lowest BCUT2D eigenvalue weighted by Gasteiger charge is -2.51. The number of hydroxylamine groups is 2. The van der Waals surface area contributed by atoms with E-state index < -0.39 is 28.5 Å². The van der Waals surface area contributed by atoms with Crippen LogP contribution in [-0.2, 0) is 19.5 Å². The van der Waals surface area contributed by atoms with E-state index in [1.165, 1.54) is 4.90 Å². The van der Waals surface area contributed by atoms with Gasteiger partial charge in [-0.1, -0.05) is 6.58 Å². The molecule has 1 aliphatic carbocycles. The minimum atomic E-state index is -4.84. The van der Waals surface area contributed by atoms with Crippen LogP contribution < -0.4 is 10.6 Å². The fourth-order valence-corrected chi connectivity index (χ4v) is 5.28. The summed E-state index contributed by atoms with van der Waals surface area (Å²) in [5.41, 5.74) is 0.632. The number of rotatable bonds is 4. The SMILES string of the molecule is C=C1[C@H]2CC[C@@H](C(=O)NC3CC4(CCNCC4)C3)N1C(=O)N2OS(=O)(=O)O. The van der Waals surface area contributed by atoms with Gasteiger partial charge >= 0.3 is 16.4 Å². The summed E-state index contributed by atoms with van der Waals surface area (Å²) in [6.45, 7) is 5.82. The molecule has 2 atom stereocenters. The van der Waals surface area contributed by atoms with E-state index in [9.17, 15) is 18.0 Å². The molecule has 0 radical (unpaired) electrons. The van der Waals surface area contributed by atoms with E-state index >= 15 is 0 Å². The van der Waals surface area contributed by atoms with Gasteiger partial charge in [-0.3, -0.25) is 14.2 Å². The number of nitrogens with zero attached hydrogens (tertiary/aromatic N) is 2. The van der Waals surface area contributed by atoms with Crippen molar-refractivity contribution in [2.24, 2.45) is 5.41 Å². The molecule has 1 saturated carbocycles. The van der Waals surface area contributed by atoms with Gasteiger partial charge in [-0.2, -0.15) is 13.5 Å². The number of carbonyl (C=O) groups excluding carboxylic acids is 2. The van der Waals surface area contributed by atoms with Crippen LogP contribution in [0.5, 0.6) is 0 Å². The first-order valence-corrected chi connectivity index (χ1v) is 10.5. The van der Waals surface area contributed by atoms with Crippen molar-refractivity contribution in [3.63, 3.8) is 0 Å². The molecular weight excluding hydrogens is 376 g/mol. The summed E-state index contributed by atoms with van der Waals surface area (Å²) in [5, 5.41) is 6.95. The highest BCUT2D eigenvalue weighted by atomic mass is 32.3. The first-order chi connectivity index (χ1) is 12.7. The number of amides is 3. The van der Waals surface area contributed by atoms with Crippen LogP contribution in [0, 0.1) is 5.41 Å². The van der Waals surface area contributed by atoms with Crippen LogP contribution in [-0.4, -0.2) is 66.1 Å². The number of nitrogens with one attached hydrogen (secondary N) is 2. The van der Waals surface area contributed by atoms with E-state index in [1.807, 2.05) is 0 Å². The third-order valence-corrected chi connectivity index (χ3v) is 6.59. The second kappa shape index (κ2) is 6.43. The smallest absolute Gasteiger partial charge is 0.352 e. The number of urea groups is 1. The van der Waals surface area contributed by atoms with Crippen LogP contribution >= 0.6 is 0 Å². The van der Waals surface area contributed by atoms with Gasteiger partial charge < -0.3 is 10.6 Å². The zero-order chi connectivity index (χ0) is 19.4. The predicted octanol–water partition coefficient (Wildman–Crippen LogP) is 0.152. The normalized spacial score (nSPS) is 30.6. The van der Waals surface area contributed by atoms with Crippen LogP contribution in [0.4, 0.5) is 4.79 Å². The number of fused-ring (bicyclic) bond motifs is 2. The van der Waals surface area contributed by atoms with E-state index in [4.69, 9.17) is 4.55 Å². The first-order valence-electron chi connectivity index (χ1n) is 9.18. The Bertz CT molecular complexity index is 770. The monoisotopic (exact) mass is 400 g/mol. The summed E-state index contributed by atoms with van der Waals surface area (Å²) >= 11 is 0. The fraction of sp³-hybridized carbons (Fsp3) is 0.750. The molecule has 0 aromatic heterocycles. The molecule has 1 spiro atoms. The molecule has 3 N–H and O–H groups in total. The van der Waals surface area contributed by atoms with Gasteiger partial charge in [0.25, 0.3) is 0 Å². The molecular formula is C16H24N4O6S. The van der Waals surface area contributed by atoms with Crippen LogP contribution in [0.1, 0.15) is 38.5 Å². The van der Waals surface area contributed by atoms with E-state index in [-0.39, 0.29) is 11.9 Å². The maximum atomic E-state index is 12.8. The Hall–Kier alpha value is -1.69. The molecule has 3 amide bonds. The molecule has 10 nitrogen and oxygen atoms in total. The minimum absolute atomic E-state index is 0.101. The van der Waals surface area contributed by atoms with Crippen molar-refractivity contribution >= 4 is 22.3 Å². The molecule has 27 heavy (non-hydrogen) atoms. The van der Waals surface area contributed by atoms with Gasteiger partial charge in [0.05, 0.1) is 0 Å². The second-order valence-corrected chi connectivity index (χ2v) is 8.95. The average molecular weight is 400 g/mol. The third-order valence-electron chi connectivity index (χ3n) is 6.24. The highest BCUT2D eigenvalue weighted by Gasteiger charge is 2.53. The standard InChI is InChI=1S/C16H24N4O6S/c1-10-12-2-3-13(19(10)15(22)20(12)26-27(23,24)25)14(21)18-11-8-16(9-11)4-6-17-7-5-16/h11-13,17H,1-9H2,(H,18,21)(H,23,24,25)/t12-,13+/m1/s1. The molecule has 4 aliphatic rings. The quantitative estimate of drug-likeness (QED) is 0.573. The lowest BCUT2D eigenvalue weighted by molar-refractivity contribution is -0.128. The van der Waals surface area contributed by atoms with Crippen molar-refractivity contribution in [2.75, 3.05) is 13.1 Å².